The van der Waals surface area contributed by atoms with E-state index in [9.17, 15) is 8.42 Å². The van der Waals surface area contributed by atoms with Crippen molar-refractivity contribution in [1.82, 2.24) is 9.62 Å². The van der Waals surface area contributed by atoms with Crippen LogP contribution in [-0.4, -0.2) is 39.3 Å². The summed E-state index contributed by atoms with van der Waals surface area (Å²) in [5.74, 6) is 0.136. The van der Waals surface area contributed by atoms with Crippen LogP contribution in [0.15, 0.2) is 0 Å². The highest BCUT2D eigenvalue weighted by atomic mass is 32.2. The molecule has 5 heteroatoms. The van der Waals surface area contributed by atoms with Crippen molar-refractivity contribution in [3.8, 4) is 0 Å². The van der Waals surface area contributed by atoms with Crippen molar-refractivity contribution in [1.29, 1.82) is 0 Å². The second kappa shape index (κ2) is 4.79. The first-order valence-corrected chi connectivity index (χ1v) is 5.74. The van der Waals surface area contributed by atoms with Crippen LogP contribution in [0.5, 0.6) is 0 Å². The van der Waals surface area contributed by atoms with Crippen LogP contribution in [0.3, 0.4) is 0 Å². The topological polar surface area (TPSA) is 49.4 Å². The third-order valence-electron chi connectivity index (χ3n) is 1.71. The number of nitrogens with zero attached hydrogens (tertiary/aromatic N) is 1. The second-order valence-electron chi connectivity index (χ2n) is 2.91. The Morgan fingerprint density at radius 3 is 2.08 bits per heavy atom. The van der Waals surface area contributed by atoms with Crippen molar-refractivity contribution in [2.45, 2.75) is 26.4 Å². The van der Waals surface area contributed by atoms with Crippen molar-refractivity contribution in [3.63, 3.8) is 0 Å². The van der Waals surface area contributed by atoms with Crippen LogP contribution in [0.25, 0.3) is 0 Å². The van der Waals surface area contributed by atoms with Gasteiger partial charge in [-0.05, 0) is 27.4 Å². The number of sulfonamides is 1. The Morgan fingerprint density at radius 1 is 1.33 bits per heavy atom. The highest BCUT2D eigenvalue weighted by Gasteiger charge is 2.15. The summed E-state index contributed by atoms with van der Waals surface area (Å²) in [4.78, 5) is 1.85. The molecule has 0 aliphatic heterocycles. The zero-order valence-corrected chi connectivity index (χ0v) is 8.98. The first-order valence-electron chi connectivity index (χ1n) is 4.09. The lowest BCUT2D eigenvalue weighted by atomic mass is 10.4. The zero-order valence-electron chi connectivity index (χ0n) is 8.16. The maximum absolute atomic E-state index is 11.1. The predicted octanol–water partition coefficient (Wildman–Crippen LogP) is 0.223. The van der Waals surface area contributed by atoms with E-state index >= 15 is 0 Å². The largest absolute Gasteiger partial charge is 0.293 e. The molecule has 1 N–H and O–H groups in total. The monoisotopic (exact) mass is 194 g/mol. The highest BCUT2D eigenvalue weighted by Crippen LogP contribution is 1.97. The standard InChI is InChI=1S/C7H18N2O2S/c1-5-7(9(3)4)8-12(10,11)6-2/h7-8H,5-6H2,1-4H3. The van der Waals surface area contributed by atoms with E-state index in [-0.39, 0.29) is 11.9 Å². The first-order chi connectivity index (χ1) is 5.43. The average Bonchev–Trinajstić information content (AvgIpc) is 2.00. The van der Waals surface area contributed by atoms with E-state index in [0.717, 1.165) is 6.42 Å². The fourth-order valence-electron chi connectivity index (χ4n) is 0.844. The average molecular weight is 194 g/mol. The minimum Gasteiger partial charge on any atom is -0.293 e. The van der Waals surface area contributed by atoms with E-state index < -0.39 is 10.0 Å². The number of hydrogen-bond acceptors (Lipinski definition) is 3. The SMILES string of the molecule is CCC(NS(=O)(=O)CC)N(C)C. The van der Waals surface area contributed by atoms with Crippen LogP contribution in [-0.2, 0) is 10.0 Å². The molecule has 0 saturated heterocycles. The fraction of sp³-hybridized carbons (Fsp3) is 1.00. The third kappa shape index (κ3) is 4.04. The van der Waals surface area contributed by atoms with Crippen LogP contribution in [0.4, 0.5) is 0 Å². The summed E-state index contributed by atoms with van der Waals surface area (Å²) >= 11 is 0. The van der Waals surface area contributed by atoms with Crippen molar-refractivity contribution < 1.29 is 8.42 Å². The van der Waals surface area contributed by atoms with Crippen LogP contribution < -0.4 is 4.72 Å². The van der Waals surface area contributed by atoms with E-state index in [1.807, 2.05) is 25.9 Å². The Bertz CT molecular complexity index is 211. The molecule has 4 nitrogen and oxygen atoms in total. The van der Waals surface area contributed by atoms with Crippen molar-refractivity contribution >= 4 is 10.0 Å². The van der Waals surface area contributed by atoms with Gasteiger partial charge in [-0.2, -0.15) is 4.72 Å². The minimum atomic E-state index is -3.07. The van der Waals surface area contributed by atoms with Gasteiger partial charge in [-0.1, -0.05) is 6.92 Å². The predicted molar refractivity (Wildman–Crippen MR) is 50.4 cm³/mol. The first kappa shape index (κ1) is 11.9. The van der Waals surface area contributed by atoms with Gasteiger partial charge in [0, 0.05) is 0 Å². The molecule has 1 atom stereocenters. The van der Waals surface area contributed by atoms with Crippen LogP contribution >= 0.6 is 0 Å². The summed E-state index contributed by atoms with van der Waals surface area (Å²) in [5.41, 5.74) is 0. The van der Waals surface area contributed by atoms with E-state index in [1.165, 1.54) is 0 Å². The maximum atomic E-state index is 11.1. The lowest BCUT2D eigenvalue weighted by Gasteiger charge is -2.23. The molecular formula is C7H18N2O2S. The lowest BCUT2D eigenvalue weighted by molar-refractivity contribution is 0.271. The molecule has 0 aromatic heterocycles. The smallest absolute Gasteiger partial charge is 0.212 e. The lowest BCUT2D eigenvalue weighted by Crippen LogP contribution is -2.44. The Balaban J connectivity index is 4.22. The zero-order chi connectivity index (χ0) is 9.78. The summed E-state index contributed by atoms with van der Waals surface area (Å²) in [6.45, 7) is 3.58. The van der Waals surface area contributed by atoms with E-state index in [0.29, 0.717) is 0 Å². The van der Waals surface area contributed by atoms with Gasteiger partial charge in [-0.15, -0.1) is 0 Å². The van der Waals surface area contributed by atoms with Crippen molar-refractivity contribution in [2.24, 2.45) is 0 Å². The Labute approximate surface area is 75.0 Å². The second-order valence-corrected chi connectivity index (χ2v) is 4.95. The van der Waals surface area contributed by atoms with Crippen molar-refractivity contribution in [2.75, 3.05) is 19.8 Å². The van der Waals surface area contributed by atoms with E-state index in [2.05, 4.69) is 4.72 Å². The van der Waals surface area contributed by atoms with E-state index in [4.69, 9.17) is 0 Å². The molecule has 0 aliphatic carbocycles. The van der Waals surface area contributed by atoms with Crippen molar-refractivity contribution in [3.05, 3.63) is 0 Å². The Kier molecular flexibility index (Phi) is 4.74. The summed E-state index contributed by atoms with van der Waals surface area (Å²) in [6.07, 6.45) is 0.682. The summed E-state index contributed by atoms with van der Waals surface area (Å²) < 4.78 is 24.9. The molecule has 0 aliphatic rings. The molecular weight excluding hydrogens is 176 g/mol. The van der Waals surface area contributed by atoms with Gasteiger partial charge in [0.05, 0.1) is 11.9 Å². The molecule has 0 radical (unpaired) electrons. The van der Waals surface area contributed by atoms with Crippen LogP contribution in [0.2, 0.25) is 0 Å². The van der Waals surface area contributed by atoms with Gasteiger partial charge in [0.1, 0.15) is 0 Å². The quantitative estimate of drug-likeness (QED) is 0.637. The molecule has 0 heterocycles. The Morgan fingerprint density at radius 2 is 1.83 bits per heavy atom. The third-order valence-corrected chi connectivity index (χ3v) is 3.10. The number of rotatable bonds is 5. The van der Waals surface area contributed by atoms with Gasteiger partial charge in [0.25, 0.3) is 0 Å². The molecule has 12 heavy (non-hydrogen) atoms. The van der Waals surface area contributed by atoms with Gasteiger partial charge >= 0.3 is 0 Å². The molecule has 0 fully saturated rings. The van der Waals surface area contributed by atoms with Gasteiger partial charge in [0.2, 0.25) is 10.0 Å². The Hall–Kier alpha value is -0.130. The number of hydrogen-bond donors (Lipinski definition) is 1. The molecule has 0 rings (SSSR count). The molecule has 0 aromatic carbocycles. The van der Waals surface area contributed by atoms with E-state index in [1.54, 1.807) is 6.92 Å². The van der Waals surface area contributed by atoms with Gasteiger partial charge in [-0.25, -0.2) is 8.42 Å². The fourth-order valence-corrected chi connectivity index (χ4v) is 1.80. The normalized spacial score (nSPS) is 15.1. The molecule has 74 valence electrons. The maximum Gasteiger partial charge on any atom is 0.212 e. The molecule has 1 unspecified atom stereocenters. The van der Waals surface area contributed by atoms with Crippen LogP contribution in [0, 0.1) is 0 Å². The minimum absolute atomic E-state index is 0.0880. The van der Waals surface area contributed by atoms with Gasteiger partial charge in [-0.3, -0.25) is 4.90 Å². The molecule has 0 aromatic rings. The summed E-state index contributed by atoms with van der Waals surface area (Å²) in [7, 11) is 0.640. The number of nitrogens with one attached hydrogen (secondary N) is 1. The molecule has 0 saturated carbocycles. The molecule has 0 spiro atoms. The van der Waals surface area contributed by atoms with Gasteiger partial charge in [0.15, 0.2) is 0 Å². The summed E-state index contributed by atoms with van der Waals surface area (Å²) in [6, 6.07) is 0. The molecule has 0 bridgehead atoms. The van der Waals surface area contributed by atoms with Gasteiger partial charge < -0.3 is 0 Å². The van der Waals surface area contributed by atoms with Crippen LogP contribution in [0.1, 0.15) is 20.3 Å². The molecule has 0 amide bonds. The highest BCUT2D eigenvalue weighted by molar-refractivity contribution is 7.89. The summed E-state index contributed by atoms with van der Waals surface area (Å²) in [5, 5.41) is 0.